The van der Waals surface area contributed by atoms with Crippen molar-refractivity contribution in [3.05, 3.63) is 38.2 Å². The fraction of sp³-hybridized carbons (Fsp3) is 0.385. The number of nitro groups is 1. The van der Waals surface area contributed by atoms with Gasteiger partial charge in [-0.1, -0.05) is 11.6 Å². The van der Waals surface area contributed by atoms with Crippen LogP contribution in [-0.4, -0.2) is 23.0 Å². The molecular formula is C13H13ClN2O4. The first-order valence-electron chi connectivity index (χ1n) is 6.07. The minimum absolute atomic E-state index is 0.143. The zero-order chi connectivity index (χ0) is 14.9. The summed E-state index contributed by atoms with van der Waals surface area (Å²) >= 11 is 5.89. The van der Waals surface area contributed by atoms with E-state index in [9.17, 15) is 14.9 Å². The van der Waals surface area contributed by atoms with Crippen LogP contribution in [0.25, 0.3) is 5.57 Å². The Kier molecular flexibility index (Phi) is 4.04. The normalized spacial score (nSPS) is 14.6. The van der Waals surface area contributed by atoms with Gasteiger partial charge in [-0.2, -0.15) is 0 Å². The van der Waals surface area contributed by atoms with Crippen LogP contribution in [0.2, 0.25) is 5.02 Å². The van der Waals surface area contributed by atoms with Gasteiger partial charge in [0.15, 0.2) is 0 Å². The van der Waals surface area contributed by atoms with E-state index in [4.69, 9.17) is 16.3 Å². The highest BCUT2D eigenvalue weighted by Gasteiger charge is 2.30. The maximum absolute atomic E-state index is 11.7. The molecule has 2 rings (SSSR count). The van der Waals surface area contributed by atoms with E-state index < -0.39 is 10.9 Å². The lowest BCUT2D eigenvalue weighted by Crippen LogP contribution is -2.07. The Labute approximate surface area is 120 Å². The molecule has 1 aliphatic rings. The van der Waals surface area contributed by atoms with Crippen LogP contribution in [0.1, 0.15) is 30.5 Å². The van der Waals surface area contributed by atoms with Crippen molar-refractivity contribution in [1.82, 2.24) is 4.98 Å². The van der Waals surface area contributed by atoms with Gasteiger partial charge in [0.2, 0.25) is 0 Å². The Balaban J connectivity index is 2.66. The van der Waals surface area contributed by atoms with Crippen LogP contribution >= 0.6 is 11.6 Å². The summed E-state index contributed by atoms with van der Waals surface area (Å²) in [5, 5.41) is 11.5. The van der Waals surface area contributed by atoms with Crippen LogP contribution in [0.15, 0.2) is 11.8 Å². The fourth-order valence-electron chi connectivity index (χ4n) is 2.37. The third kappa shape index (κ3) is 2.38. The molecule has 0 amide bonds. The molecule has 0 atom stereocenters. The van der Waals surface area contributed by atoms with Gasteiger partial charge in [0, 0.05) is 17.3 Å². The summed E-state index contributed by atoms with van der Waals surface area (Å²) in [6, 6.07) is 0. The highest BCUT2D eigenvalue weighted by molar-refractivity contribution is 6.31. The van der Waals surface area contributed by atoms with Gasteiger partial charge in [-0.3, -0.25) is 10.1 Å². The zero-order valence-electron chi connectivity index (χ0n) is 11.1. The molecule has 0 N–H and O–H groups in total. The molecule has 7 heteroatoms. The number of methoxy groups -OCH3 is 1. The summed E-state index contributed by atoms with van der Waals surface area (Å²) in [6.07, 6.45) is 3.24. The number of aromatic nitrogens is 1. The molecule has 0 saturated carbocycles. The Hall–Kier alpha value is -1.95. The number of hydrogen-bond donors (Lipinski definition) is 0. The smallest absolute Gasteiger partial charge is 0.334 e. The van der Waals surface area contributed by atoms with E-state index in [0.717, 1.165) is 6.42 Å². The standard InChI is InChI=1S/C13H13ClN2O4/c1-7-10(14)6-15-11(12(7)16(18)19)8-4-3-5-9(8)13(17)20-2/h6H,3-5H2,1-2H3. The lowest BCUT2D eigenvalue weighted by atomic mass is 10.0. The second-order valence-corrected chi connectivity index (χ2v) is 4.89. The van der Waals surface area contributed by atoms with Gasteiger partial charge >= 0.3 is 5.97 Å². The first-order valence-corrected chi connectivity index (χ1v) is 6.45. The number of ether oxygens (including phenoxy) is 1. The zero-order valence-corrected chi connectivity index (χ0v) is 11.9. The van der Waals surface area contributed by atoms with Gasteiger partial charge in [-0.15, -0.1) is 0 Å². The number of pyridine rings is 1. The molecule has 0 bridgehead atoms. The van der Waals surface area contributed by atoms with Crippen molar-refractivity contribution in [2.75, 3.05) is 7.11 Å². The van der Waals surface area contributed by atoms with E-state index >= 15 is 0 Å². The molecule has 106 valence electrons. The monoisotopic (exact) mass is 296 g/mol. The van der Waals surface area contributed by atoms with Gasteiger partial charge in [-0.05, 0) is 31.8 Å². The quantitative estimate of drug-likeness (QED) is 0.486. The summed E-state index contributed by atoms with van der Waals surface area (Å²) in [7, 11) is 1.29. The topological polar surface area (TPSA) is 82.3 Å². The number of carbonyl (C=O) groups is 1. The third-order valence-electron chi connectivity index (χ3n) is 3.36. The summed E-state index contributed by atoms with van der Waals surface area (Å²) < 4.78 is 4.72. The second kappa shape index (κ2) is 5.58. The molecule has 0 radical (unpaired) electrons. The molecule has 1 aromatic rings. The lowest BCUT2D eigenvalue weighted by molar-refractivity contribution is -0.386. The number of nitrogens with zero attached hydrogens (tertiary/aromatic N) is 2. The molecule has 0 aliphatic heterocycles. The first-order chi connectivity index (χ1) is 9.47. The predicted molar refractivity (Wildman–Crippen MR) is 73.4 cm³/mol. The van der Waals surface area contributed by atoms with E-state index in [1.807, 2.05) is 0 Å². The Morgan fingerprint density at radius 1 is 1.50 bits per heavy atom. The van der Waals surface area contributed by atoms with Crippen LogP contribution in [-0.2, 0) is 9.53 Å². The minimum atomic E-state index is -0.510. The van der Waals surface area contributed by atoms with Crippen molar-refractivity contribution < 1.29 is 14.5 Å². The van der Waals surface area contributed by atoms with E-state index in [-0.39, 0.29) is 16.4 Å². The van der Waals surface area contributed by atoms with Gasteiger partial charge < -0.3 is 4.74 Å². The number of carbonyl (C=O) groups excluding carboxylic acids is 1. The second-order valence-electron chi connectivity index (χ2n) is 4.49. The van der Waals surface area contributed by atoms with E-state index in [1.54, 1.807) is 6.92 Å². The predicted octanol–water partition coefficient (Wildman–Crippen LogP) is 3.06. The maximum Gasteiger partial charge on any atom is 0.334 e. The van der Waals surface area contributed by atoms with Gasteiger partial charge in [-0.25, -0.2) is 9.78 Å². The number of allylic oxidation sites excluding steroid dienone is 1. The Morgan fingerprint density at radius 3 is 2.80 bits per heavy atom. The van der Waals surface area contributed by atoms with Crippen LogP contribution in [0.3, 0.4) is 0 Å². The largest absolute Gasteiger partial charge is 0.466 e. The Bertz CT molecular complexity index is 625. The van der Waals surface area contributed by atoms with Crippen LogP contribution in [0.4, 0.5) is 5.69 Å². The molecule has 1 aromatic heterocycles. The van der Waals surface area contributed by atoms with Gasteiger partial charge in [0.25, 0.3) is 5.69 Å². The van der Waals surface area contributed by atoms with Gasteiger partial charge in [0.05, 0.1) is 17.1 Å². The molecule has 6 nitrogen and oxygen atoms in total. The Morgan fingerprint density at radius 2 is 2.20 bits per heavy atom. The summed E-state index contributed by atoms with van der Waals surface area (Å²) in [6.45, 7) is 1.57. The van der Waals surface area contributed by atoms with Crippen molar-refractivity contribution in [1.29, 1.82) is 0 Å². The van der Waals surface area contributed by atoms with Crippen molar-refractivity contribution >= 4 is 28.8 Å². The first kappa shape index (κ1) is 14.5. The highest BCUT2D eigenvalue weighted by atomic mass is 35.5. The van der Waals surface area contributed by atoms with Crippen molar-refractivity contribution in [3.8, 4) is 0 Å². The molecular weight excluding hydrogens is 284 g/mol. The molecule has 1 heterocycles. The minimum Gasteiger partial charge on any atom is -0.466 e. The molecule has 0 unspecified atom stereocenters. The average Bonchev–Trinajstić information content (AvgIpc) is 2.89. The molecule has 0 aromatic carbocycles. The van der Waals surface area contributed by atoms with Crippen LogP contribution < -0.4 is 0 Å². The van der Waals surface area contributed by atoms with Crippen molar-refractivity contribution in [2.45, 2.75) is 26.2 Å². The number of rotatable bonds is 3. The maximum atomic E-state index is 11.7. The number of esters is 1. The van der Waals surface area contributed by atoms with Gasteiger partial charge in [0.1, 0.15) is 5.69 Å². The average molecular weight is 297 g/mol. The molecule has 0 spiro atoms. The lowest BCUT2D eigenvalue weighted by Gasteiger charge is -2.08. The molecule has 0 saturated heterocycles. The molecule has 20 heavy (non-hydrogen) atoms. The SMILES string of the molecule is COC(=O)C1=C(c2ncc(Cl)c(C)c2[N+](=O)[O-])CCC1. The van der Waals surface area contributed by atoms with Crippen molar-refractivity contribution in [3.63, 3.8) is 0 Å². The number of hydrogen-bond acceptors (Lipinski definition) is 5. The van der Waals surface area contributed by atoms with Crippen molar-refractivity contribution in [2.24, 2.45) is 0 Å². The van der Waals surface area contributed by atoms with E-state index in [1.165, 1.54) is 13.3 Å². The van der Waals surface area contributed by atoms with E-state index in [2.05, 4.69) is 4.98 Å². The third-order valence-corrected chi connectivity index (χ3v) is 3.74. The highest BCUT2D eigenvalue weighted by Crippen LogP contribution is 2.39. The summed E-state index contributed by atoms with van der Waals surface area (Å²) in [5.74, 6) is -0.457. The fourth-order valence-corrected chi connectivity index (χ4v) is 2.51. The summed E-state index contributed by atoms with van der Waals surface area (Å²) in [5.41, 5.74) is 1.48. The number of halogens is 1. The van der Waals surface area contributed by atoms with Crippen LogP contribution in [0, 0.1) is 17.0 Å². The van der Waals surface area contributed by atoms with E-state index in [0.29, 0.717) is 29.6 Å². The van der Waals surface area contributed by atoms with Crippen LogP contribution in [0.5, 0.6) is 0 Å². The molecule has 1 aliphatic carbocycles. The molecule has 0 fully saturated rings. The summed E-state index contributed by atoms with van der Waals surface area (Å²) in [4.78, 5) is 26.6.